The first-order valence-electron chi connectivity index (χ1n) is 5.67. The molecule has 1 rings (SSSR count). The average Bonchev–Trinajstić information content (AvgIpc) is 2.27. The van der Waals surface area contributed by atoms with Crippen molar-refractivity contribution in [2.24, 2.45) is 5.92 Å². The van der Waals surface area contributed by atoms with Gasteiger partial charge in [0.15, 0.2) is 0 Å². The Bertz CT molecular complexity index is 221. The van der Waals surface area contributed by atoms with Gasteiger partial charge in [-0.3, -0.25) is 4.79 Å². The van der Waals surface area contributed by atoms with Crippen molar-refractivity contribution in [2.75, 3.05) is 13.1 Å². The second kappa shape index (κ2) is 5.71. The van der Waals surface area contributed by atoms with Crippen LogP contribution in [0.5, 0.6) is 0 Å². The van der Waals surface area contributed by atoms with Crippen LogP contribution in [0.4, 0.5) is 0 Å². The Morgan fingerprint density at radius 2 is 2.33 bits per heavy atom. The molecule has 3 nitrogen and oxygen atoms in total. The lowest BCUT2D eigenvalue weighted by atomic mass is 9.93. The fraction of sp³-hybridized carbons (Fsp3) is 0.909. The van der Waals surface area contributed by atoms with Crippen molar-refractivity contribution in [2.45, 2.75) is 44.6 Å². The number of alkyl halides is 1. The molecule has 0 aromatic carbocycles. The third-order valence-electron chi connectivity index (χ3n) is 3.08. The molecule has 0 spiro atoms. The van der Waals surface area contributed by atoms with E-state index in [2.05, 4.69) is 0 Å². The molecule has 0 aliphatic carbocycles. The van der Waals surface area contributed by atoms with Crippen LogP contribution in [0.25, 0.3) is 0 Å². The number of nitrogens with zero attached hydrogens (tertiary/aromatic N) is 1. The SMILES string of the molecule is CCC(Cl)C(=O)N1CCCC(C(C)O)C1. The Kier molecular flexibility index (Phi) is 4.87. The quantitative estimate of drug-likeness (QED) is 0.753. The molecule has 1 amide bonds. The first-order chi connectivity index (χ1) is 7.06. The van der Waals surface area contributed by atoms with Crippen molar-refractivity contribution >= 4 is 17.5 Å². The molecule has 4 heteroatoms. The van der Waals surface area contributed by atoms with Gasteiger partial charge in [0.1, 0.15) is 5.38 Å². The molecule has 1 saturated heterocycles. The van der Waals surface area contributed by atoms with Crippen LogP contribution < -0.4 is 0 Å². The maximum Gasteiger partial charge on any atom is 0.240 e. The number of carbonyl (C=O) groups is 1. The van der Waals surface area contributed by atoms with Crippen molar-refractivity contribution < 1.29 is 9.90 Å². The van der Waals surface area contributed by atoms with E-state index in [1.165, 1.54) is 0 Å². The molecule has 1 heterocycles. The predicted octanol–water partition coefficient (Wildman–Crippen LogP) is 1.62. The molecule has 0 saturated carbocycles. The average molecular weight is 234 g/mol. The zero-order chi connectivity index (χ0) is 11.4. The molecule has 0 radical (unpaired) electrons. The topological polar surface area (TPSA) is 40.5 Å². The molecular weight excluding hydrogens is 214 g/mol. The third-order valence-corrected chi connectivity index (χ3v) is 3.57. The van der Waals surface area contributed by atoms with Gasteiger partial charge in [-0.25, -0.2) is 0 Å². The molecule has 0 aromatic heterocycles. The number of aliphatic hydroxyl groups excluding tert-OH is 1. The minimum absolute atomic E-state index is 0.0181. The smallest absolute Gasteiger partial charge is 0.240 e. The summed E-state index contributed by atoms with van der Waals surface area (Å²) < 4.78 is 0. The minimum Gasteiger partial charge on any atom is -0.393 e. The normalized spacial score (nSPS) is 26.1. The number of piperidine rings is 1. The molecule has 0 bridgehead atoms. The Labute approximate surface area is 96.4 Å². The fourth-order valence-electron chi connectivity index (χ4n) is 1.98. The van der Waals surface area contributed by atoms with Crippen molar-refractivity contribution in [3.8, 4) is 0 Å². The van der Waals surface area contributed by atoms with Gasteiger partial charge in [-0.1, -0.05) is 6.92 Å². The molecule has 15 heavy (non-hydrogen) atoms. The Hall–Kier alpha value is -0.280. The van der Waals surface area contributed by atoms with Crippen molar-refractivity contribution in [1.29, 1.82) is 0 Å². The third kappa shape index (κ3) is 3.35. The maximum atomic E-state index is 11.8. The first kappa shape index (κ1) is 12.8. The molecule has 1 aliphatic rings. The molecule has 3 unspecified atom stereocenters. The summed E-state index contributed by atoms with van der Waals surface area (Å²) in [6.45, 7) is 5.13. The van der Waals surface area contributed by atoms with Gasteiger partial charge in [-0.2, -0.15) is 0 Å². The van der Waals surface area contributed by atoms with Gasteiger partial charge in [0.25, 0.3) is 0 Å². The van der Waals surface area contributed by atoms with Gasteiger partial charge in [0.2, 0.25) is 5.91 Å². The number of amides is 1. The van der Waals surface area contributed by atoms with Crippen LogP contribution in [0.3, 0.4) is 0 Å². The predicted molar refractivity (Wildman–Crippen MR) is 60.9 cm³/mol. The summed E-state index contributed by atoms with van der Waals surface area (Å²) in [5.74, 6) is 0.230. The van der Waals surface area contributed by atoms with E-state index in [0.29, 0.717) is 13.0 Å². The van der Waals surface area contributed by atoms with E-state index in [1.54, 1.807) is 11.8 Å². The number of carbonyl (C=O) groups excluding carboxylic acids is 1. The van der Waals surface area contributed by atoms with E-state index in [1.807, 2.05) is 6.92 Å². The summed E-state index contributed by atoms with van der Waals surface area (Å²) in [7, 11) is 0. The second-order valence-electron chi connectivity index (χ2n) is 4.30. The highest BCUT2D eigenvalue weighted by Crippen LogP contribution is 2.21. The summed E-state index contributed by atoms with van der Waals surface area (Å²) >= 11 is 5.92. The van der Waals surface area contributed by atoms with Gasteiger partial charge >= 0.3 is 0 Å². The number of halogens is 1. The molecule has 1 N–H and O–H groups in total. The number of likely N-dealkylation sites (tertiary alicyclic amines) is 1. The van der Waals surface area contributed by atoms with Gasteiger partial charge in [-0.15, -0.1) is 11.6 Å². The van der Waals surface area contributed by atoms with Crippen LogP contribution in [-0.2, 0) is 4.79 Å². The van der Waals surface area contributed by atoms with E-state index >= 15 is 0 Å². The van der Waals surface area contributed by atoms with Gasteiger partial charge in [0.05, 0.1) is 6.10 Å². The lowest BCUT2D eigenvalue weighted by Crippen LogP contribution is -2.45. The summed E-state index contributed by atoms with van der Waals surface area (Å²) in [5.41, 5.74) is 0. The molecule has 88 valence electrons. The fourth-order valence-corrected chi connectivity index (χ4v) is 2.11. The van der Waals surface area contributed by atoms with Crippen LogP contribution in [0.15, 0.2) is 0 Å². The van der Waals surface area contributed by atoms with Gasteiger partial charge in [-0.05, 0) is 26.2 Å². The molecular formula is C11H20ClNO2. The number of hydrogen-bond donors (Lipinski definition) is 1. The van der Waals surface area contributed by atoms with Crippen LogP contribution in [-0.4, -0.2) is 40.5 Å². The van der Waals surface area contributed by atoms with E-state index in [0.717, 1.165) is 19.4 Å². The Morgan fingerprint density at radius 3 is 2.87 bits per heavy atom. The van der Waals surface area contributed by atoms with Crippen LogP contribution in [0.1, 0.15) is 33.1 Å². The number of aliphatic hydroxyl groups is 1. The highest BCUT2D eigenvalue weighted by atomic mass is 35.5. The minimum atomic E-state index is -0.405. The highest BCUT2D eigenvalue weighted by molar-refractivity contribution is 6.30. The standard InChI is InChI=1S/C11H20ClNO2/c1-3-10(12)11(15)13-6-4-5-9(7-13)8(2)14/h8-10,14H,3-7H2,1-2H3. The molecule has 1 fully saturated rings. The van der Waals surface area contributed by atoms with E-state index in [9.17, 15) is 9.90 Å². The summed E-state index contributed by atoms with van der Waals surface area (Å²) in [6, 6.07) is 0. The Balaban J connectivity index is 2.52. The Morgan fingerprint density at radius 1 is 1.67 bits per heavy atom. The first-order valence-corrected chi connectivity index (χ1v) is 6.10. The van der Waals surface area contributed by atoms with Crippen molar-refractivity contribution in [3.05, 3.63) is 0 Å². The zero-order valence-electron chi connectivity index (χ0n) is 9.45. The van der Waals surface area contributed by atoms with Gasteiger partial charge < -0.3 is 10.0 Å². The van der Waals surface area contributed by atoms with E-state index in [4.69, 9.17) is 11.6 Å². The zero-order valence-corrected chi connectivity index (χ0v) is 10.2. The van der Waals surface area contributed by atoms with Crippen LogP contribution in [0, 0.1) is 5.92 Å². The van der Waals surface area contributed by atoms with Crippen LogP contribution >= 0.6 is 11.6 Å². The molecule has 1 aliphatic heterocycles. The van der Waals surface area contributed by atoms with Crippen molar-refractivity contribution in [3.63, 3.8) is 0 Å². The number of hydrogen-bond acceptors (Lipinski definition) is 2. The number of rotatable bonds is 3. The van der Waals surface area contributed by atoms with Gasteiger partial charge in [0, 0.05) is 19.0 Å². The largest absolute Gasteiger partial charge is 0.393 e. The maximum absolute atomic E-state index is 11.8. The lowest BCUT2D eigenvalue weighted by molar-refractivity contribution is -0.133. The highest BCUT2D eigenvalue weighted by Gasteiger charge is 2.28. The van der Waals surface area contributed by atoms with Crippen LogP contribution in [0.2, 0.25) is 0 Å². The lowest BCUT2D eigenvalue weighted by Gasteiger charge is -2.35. The molecule has 0 aromatic rings. The summed E-state index contributed by atoms with van der Waals surface area (Å²) in [4.78, 5) is 13.6. The monoisotopic (exact) mass is 233 g/mol. The second-order valence-corrected chi connectivity index (χ2v) is 4.83. The summed E-state index contributed by atoms with van der Waals surface area (Å²) in [5, 5.41) is 9.10. The molecule has 3 atom stereocenters. The summed E-state index contributed by atoms with van der Waals surface area (Å²) in [6.07, 6.45) is 2.29. The van der Waals surface area contributed by atoms with E-state index in [-0.39, 0.29) is 17.9 Å². The van der Waals surface area contributed by atoms with Crippen molar-refractivity contribution in [1.82, 2.24) is 4.90 Å². The van der Waals surface area contributed by atoms with E-state index < -0.39 is 5.38 Å².